The highest BCUT2D eigenvalue weighted by Gasteiger charge is 2.21. The molecule has 0 aromatic carbocycles. The van der Waals surface area contributed by atoms with Gasteiger partial charge in [0.05, 0.1) is 0 Å². The minimum atomic E-state index is -0.340. The molecule has 1 fully saturated rings. The largest absolute Gasteiger partial charge is 0.337 e. The van der Waals surface area contributed by atoms with Gasteiger partial charge in [-0.05, 0) is 44.8 Å². The molecule has 8 nitrogen and oxygen atoms in total. The molecule has 0 radical (unpaired) electrons. The van der Waals surface area contributed by atoms with Crippen molar-refractivity contribution >= 4 is 0 Å². The van der Waals surface area contributed by atoms with E-state index < -0.39 is 0 Å². The van der Waals surface area contributed by atoms with Crippen LogP contribution in [0.5, 0.6) is 0 Å². The Balaban J connectivity index is 1.57. The SMILES string of the molecule is CCCN1CCC(Cc2noc(Cn3[nH]c(=O)ccc3=O)n2)CC1. The van der Waals surface area contributed by atoms with E-state index in [4.69, 9.17) is 4.52 Å². The van der Waals surface area contributed by atoms with E-state index in [2.05, 4.69) is 27.1 Å². The predicted octanol–water partition coefficient (Wildman–Crippen LogP) is 0.632. The van der Waals surface area contributed by atoms with Crippen molar-refractivity contribution in [1.29, 1.82) is 0 Å². The van der Waals surface area contributed by atoms with Gasteiger partial charge >= 0.3 is 0 Å². The number of nitrogens with one attached hydrogen (secondary N) is 1. The molecule has 0 bridgehead atoms. The number of aromatic amines is 1. The Hall–Kier alpha value is -2.22. The molecule has 0 saturated carbocycles. The Morgan fingerprint density at radius 3 is 2.83 bits per heavy atom. The monoisotopic (exact) mass is 333 g/mol. The van der Waals surface area contributed by atoms with Gasteiger partial charge in [-0.25, -0.2) is 4.68 Å². The van der Waals surface area contributed by atoms with Gasteiger partial charge in [-0.3, -0.25) is 14.7 Å². The van der Waals surface area contributed by atoms with Gasteiger partial charge in [0.15, 0.2) is 5.82 Å². The topological polar surface area (TPSA) is 97.0 Å². The second-order valence-electron chi connectivity index (χ2n) is 6.33. The number of H-pyrrole nitrogens is 1. The number of piperidine rings is 1. The second-order valence-corrected chi connectivity index (χ2v) is 6.33. The van der Waals surface area contributed by atoms with Crippen molar-refractivity contribution in [3.05, 3.63) is 44.6 Å². The van der Waals surface area contributed by atoms with E-state index in [0.29, 0.717) is 17.6 Å². The third kappa shape index (κ3) is 4.19. The highest BCUT2D eigenvalue weighted by Crippen LogP contribution is 2.20. The molecule has 1 aliphatic heterocycles. The third-order valence-electron chi connectivity index (χ3n) is 4.41. The number of likely N-dealkylation sites (tertiary alicyclic amines) is 1. The first-order valence-corrected chi connectivity index (χ1v) is 8.48. The van der Waals surface area contributed by atoms with E-state index in [1.165, 1.54) is 29.8 Å². The van der Waals surface area contributed by atoms with Gasteiger partial charge in [-0.1, -0.05) is 12.1 Å². The lowest BCUT2D eigenvalue weighted by Gasteiger charge is -2.31. The summed E-state index contributed by atoms with van der Waals surface area (Å²) in [5.74, 6) is 1.57. The van der Waals surface area contributed by atoms with Crippen LogP contribution in [0.15, 0.2) is 26.2 Å². The molecule has 3 heterocycles. The summed E-state index contributed by atoms with van der Waals surface area (Å²) >= 11 is 0. The molecule has 2 aromatic rings. The Morgan fingerprint density at radius 1 is 1.29 bits per heavy atom. The molecule has 1 N–H and O–H groups in total. The van der Waals surface area contributed by atoms with E-state index in [0.717, 1.165) is 32.4 Å². The van der Waals surface area contributed by atoms with Crippen molar-refractivity contribution in [2.45, 2.75) is 39.2 Å². The summed E-state index contributed by atoms with van der Waals surface area (Å²) in [5, 5.41) is 6.45. The third-order valence-corrected chi connectivity index (χ3v) is 4.41. The van der Waals surface area contributed by atoms with Crippen LogP contribution in [-0.2, 0) is 13.0 Å². The zero-order chi connectivity index (χ0) is 16.9. The average Bonchev–Trinajstić information content (AvgIpc) is 3.00. The Kier molecular flexibility index (Phi) is 5.24. The number of hydrogen-bond donors (Lipinski definition) is 1. The molecular weight excluding hydrogens is 310 g/mol. The Morgan fingerprint density at radius 2 is 2.08 bits per heavy atom. The van der Waals surface area contributed by atoms with Gasteiger partial charge in [-0.2, -0.15) is 4.98 Å². The van der Waals surface area contributed by atoms with Crippen molar-refractivity contribution in [3.8, 4) is 0 Å². The van der Waals surface area contributed by atoms with E-state index in [1.54, 1.807) is 0 Å². The number of rotatable bonds is 6. The van der Waals surface area contributed by atoms with Crippen molar-refractivity contribution < 1.29 is 4.52 Å². The zero-order valence-electron chi connectivity index (χ0n) is 13.9. The molecule has 3 rings (SSSR count). The summed E-state index contributed by atoms with van der Waals surface area (Å²) < 4.78 is 6.38. The maximum atomic E-state index is 11.7. The Bertz CT molecular complexity index is 770. The molecule has 2 aromatic heterocycles. The fraction of sp³-hybridized carbons (Fsp3) is 0.625. The summed E-state index contributed by atoms with van der Waals surface area (Å²) in [6, 6.07) is 2.42. The van der Waals surface area contributed by atoms with Crippen LogP contribution in [0.4, 0.5) is 0 Å². The molecule has 8 heteroatoms. The van der Waals surface area contributed by atoms with Gasteiger partial charge in [-0.15, -0.1) is 0 Å². The summed E-state index contributed by atoms with van der Waals surface area (Å²) in [4.78, 5) is 29.8. The molecule has 0 unspecified atom stereocenters. The fourth-order valence-corrected chi connectivity index (χ4v) is 3.14. The molecule has 0 amide bonds. The first-order valence-electron chi connectivity index (χ1n) is 8.48. The van der Waals surface area contributed by atoms with Crippen LogP contribution >= 0.6 is 0 Å². The first kappa shape index (κ1) is 16.6. The van der Waals surface area contributed by atoms with E-state index in [1.807, 2.05) is 0 Å². The lowest BCUT2D eigenvalue weighted by molar-refractivity contribution is 0.182. The molecule has 0 spiro atoms. The second kappa shape index (κ2) is 7.57. The van der Waals surface area contributed by atoms with Crippen molar-refractivity contribution in [1.82, 2.24) is 24.8 Å². The summed E-state index contributed by atoms with van der Waals surface area (Å²) in [5.41, 5.74) is -0.647. The molecule has 1 aliphatic rings. The summed E-state index contributed by atoms with van der Waals surface area (Å²) in [6.07, 6.45) is 4.29. The molecule has 0 atom stereocenters. The smallest absolute Gasteiger partial charge is 0.265 e. The first-order chi connectivity index (χ1) is 11.6. The highest BCUT2D eigenvalue weighted by molar-refractivity contribution is 4.92. The number of hydrogen-bond acceptors (Lipinski definition) is 6. The van der Waals surface area contributed by atoms with Gasteiger partial charge < -0.3 is 9.42 Å². The minimum absolute atomic E-state index is 0.0802. The summed E-state index contributed by atoms with van der Waals surface area (Å²) in [6.45, 7) is 5.71. The van der Waals surface area contributed by atoms with Crippen molar-refractivity contribution in [2.75, 3.05) is 19.6 Å². The average molecular weight is 333 g/mol. The summed E-state index contributed by atoms with van der Waals surface area (Å²) in [7, 11) is 0. The quantitative estimate of drug-likeness (QED) is 0.833. The minimum Gasteiger partial charge on any atom is -0.337 e. The van der Waals surface area contributed by atoms with Crippen LogP contribution < -0.4 is 11.1 Å². The molecule has 24 heavy (non-hydrogen) atoms. The van der Waals surface area contributed by atoms with Crippen LogP contribution in [0.2, 0.25) is 0 Å². The van der Waals surface area contributed by atoms with Gasteiger partial charge in [0.25, 0.3) is 11.1 Å². The fourth-order valence-electron chi connectivity index (χ4n) is 3.14. The molecule has 130 valence electrons. The van der Waals surface area contributed by atoms with Crippen molar-refractivity contribution in [3.63, 3.8) is 0 Å². The van der Waals surface area contributed by atoms with Crippen LogP contribution in [0, 0.1) is 5.92 Å². The maximum Gasteiger partial charge on any atom is 0.265 e. The number of aromatic nitrogens is 4. The Labute approximate surface area is 139 Å². The van der Waals surface area contributed by atoms with E-state index in [-0.39, 0.29) is 17.7 Å². The van der Waals surface area contributed by atoms with Crippen LogP contribution in [0.1, 0.15) is 37.9 Å². The van der Waals surface area contributed by atoms with E-state index >= 15 is 0 Å². The maximum absolute atomic E-state index is 11.7. The molecule has 1 saturated heterocycles. The standard InChI is InChI=1S/C16H23N5O3/c1-2-7-20-8-5-12(6-9-20)10-13-17-15(24-19-13)11-21-16(23)4-3-14(22)18-21/h3-4,12H,2,5-11H2,1H3,(H,18,22). The van der Waals surface area contributed by atoms with Gasteiger partial charge in [0, 0.05) is 18.6 Å². The highest BCUT2D eigenvalue weighted by atomic mass is 16.5. The lowest BCUT2D eigenvalue weighted by atomic mass is 9.93. The predicted molar refractivity (Wildman–Crippen MR) is 87.9 cm³/mol. The van der Waals surface area contributed by atoms with Crippen LogP contribution in [0.25, 0.3) is 0 Å². The number of nitrogens with zero attached hydrogens (tertiary/aromatic N) is 4. The van der Waals surface area contributed by atoms with Gasteiger partial charge in [0.2, 0.25) is 5.89 Å². The normalized spacial score (nSPS) is 16.5. The van der Waals surface area contributed by atoms with E-state index in [9.17, 15) is 9.59 Å². The van der Waals surface area contributed by atoms with Gasteiger partial charge in [0.1, 0.15) is 6.54 Å². The zero-order valence-corrected chi connectivity index (χ0v) is 13.9. The van der Waals surface area contributed by atoms with Crippen LogP contribution in [-0.4, -0.2) is 44.5 Å². The van der Waals surface area contributed by atoms with Crippen molar-refractivity contribution in [2.24, 2.45) is 5.92 Å². The molecule has 0 aliphatic carbocycles. The lowest BCUT2D eigenvalue weighted by Crippen LogP contribution is -2.34. The van der Waals surface area contributed by atoms with Crippen LogP contribution in [0.3, 0.4) is 0 Å². The molecular formula is C16H23N5O3.